The molecule has 1 aromatic carbocycles. The highest BCUT2D eigenvalue weighted by atomic mass is 16.5. The maximum Gasteiger partial charge on any atom is 0.0665 e. The summed E-state index contributed by atoms with van der Waals surface area (Å²) in [6.45, 7) is 7.40. The van der Waals surface area contributed by atoms with Crippen molar-refractivity contribution < 1.29 is 4.74 Å². The van der Waals surface area contributed by atoms with Gasteiger partial charge in [0.25, 0.3) is 0 Å². The van der Waals surface area contributed by atoms with Gasteiger partial charge in [-0.2, -0.15) is 0 Å². The van der Waals surface area contributed by atoms with Gasteiger partial charge in [-0.05, 0) is 30.9 Å². The van der Waals surface area contributed by atoms with Crippen LogP contribution in [-0.2, 0) is 4.74 Å². The highest BCUT2D eigenvalue weighted by molar-refractivity contribution is 5.93. The number of hydrogen-bond donors (Lipinski definition) is 1. The van der Waals surface area contributed by atoms with Crippen LogP contribution in [0.3, 0.4) is 0 Å². The van der Waals surface area contributed by atoms with Crippen LogP contribution in [-0.4, -0.2) is 23.7 Å². The molecule has 0 aliphatic heterocycles. The fourth-order valence-electron chi connectivity index (χ4n) is 3.04. The van der Waals surface area contributed by atoms with Crippen molar-refractivity contribution in [3.05, 3.63) is 36.7 Å². The Bertz CT molecular complexity index is 603. The second-order valence-corrected chi connectivity index (χ2v) is 6.10. The largest absolute Gasteiger partial charge is 0.381 e. The topological polar surface area (TPSA) is 34.1 Å². The number of pyridine rings is 1. The summed E-state index contributed by atoms with van der Waals surface area (Å²) >= 11 is 0. The molecule has 2 aromatic rings. The zero-order valence-corrected chi connectivity index (χ0v) is 12.4. The maximum absolute atomic E-state index is 5.80. The van der Waals surface area contributed by atoms with Gasteiger partial charge in [0.1, 0.15) is 0 Å². The van der Waals surface area contributed by atoms with E-state index in [1.54, 1.807) is 0 Å². The number of aromatic nitrogens is 1. The molecule has 2 unspecified atom stereocenters. The van der Waals surface area contributed by atoms with Crippen LogP contribution in [0.25, 0.3) is 10.8 Å². The second-order valence-electron chi connectivity index (χ2n) is 6.10. The predicted molar refractivity (Wildman–Crippen MR) is 83.0 cm³/mol. The van der Waals surface area contributed by atoms with E-state index >= 15 is 0 Å². The summed E-state index contributed by atoms with van der Waals surface area (Å²) in [5.41, 5.74) is 1.34. The smallest absolute Gasteiger partial charge is 0.0665 e. The minimum absolute atomic E-state index is 0.167. The van der Waals surface area contributed by atoms with Gasteiger partial charge in [0.05, 0.1) is 6.10 Å². The van der Waals surface area contributed by atoms with Crippen molar-refractivity contribution in [3.63, 3.8) is 0 Å². The fourth-order valence-corrected chi connectivity index (χ4v) is 3.04. The number of nitrogens with zero attached hydrogens (tertiary/aromatic N) is 1. The summed E-state index contributed by atoms with van der Waals surface area (Å²) in [6, 6.07) is 8.85. The lowest BCUT2D eigenvalue weighted by atomic mass is 9.64. The van der Waals surface area contributed by atoms with Crippen molar-refractivity contribution in [3.8, 4) is 0 Å². The van der Waals surface area contributed by atoms with Gasteiger partial charge in [-0.15, -0.1) is 0 Å². The summed E-state index contributed by atoms with van der Waals surface area (Å²) in [5.74, 6) is 0. The van der Waals surface area contributed by atoms with E-state index in [4.69, 9.17) is 4.74 Å². The van der Waals surface area contributed by atoms with Crippen LogP contribution in [0.4, 0.5) is 5.69 Å². The Labute approximate surface area is 120 Å². The van der Waals surface area contributed by atoms with Crippen LogP contribution >= 0.6 is 0 Å². The molecule has 3 nitrogen and oxygen atoms in total. The van der Waals surface area contributed by atoms with Crippen molar-refractivity contribution in [2.24, 2.45) is 5.41 Å². The Morgan fingerprint density at radius 2 is 2.20 bits per heavy atom. The van der Waals surface area contributed by atoms with E-state index in [2.05, 4.69) is 55.3 Å². The minimum atomic E-state index is 0.167. The van der Waals surface area contributed by atoms with Gasteiger partial charge in [-0.25, -0.2) is 0 Å². The van der Waals surface area contributed by atoms with Crippen molar-refractivity contribution in [2.45, 2.75) is 39.3 Å². The summed E-state index contributed by atoms with van der Waals surface area (Å²) < 4.78 is 5.80. The van der Waals surface area contributed by atoms with Gasteiger partial charge in [0.2, 0.25) is 0 Å². The Kier molecular flexibility index (Phi) is 3.38. The number of ether oxygens (including phenoxy) is 1. The summed E-state index contributed by atoms with van der Waals surface area (Å²) in [4.78, 5) is 4.24. The Balaban J connectivity index is 1.81. The molecule has 1 fully saturated rings. The maximum atomic E-state index is 5.80. The van der Waals surface area contributed by atoms with Crippen LogP contribution in [0.15, 0.2) is 36.7 Å². The molecule has 1 heterocycles. The van der Waals surface area contributed by atoms with Gasteiger partial charge >= 0.3 is 0 Å². The molecule has 106 valence electrons. The molecule has 0 spiro atoms. The van der Waals surface area contributed by atoms with Gasteiger partial charge in [0.15, 0.2) is 0 Å². The second kappa shape index (κ2) is 5.06. The first-order chi connectivity index (χ1) is 9.63. The highest BCUT2D eigenvalue weighted by Gasteiger charge is 2.48. The first-order valence-corrected chi connectivity index (χ1v) is 7.34. The lowest BCUT2D eigenvalue weighted by Gasteiger charge is -2.52. The first kappa shape index (κ1) is 13.4. The van der Waals surface area contributed by atoms with E-state index in [0.29, 0.717) is 12.1 Å². The Hall–Kier alpha value is -1.61. The number of fused-ring (bicyclic) bond motifs is 1. The zero-order valence-electron chi connectivity index (χ0n) is 12.4. The van der Waals surface area contributed by atoms with Crippen molar-refractivity contribution >= 4 is 16.5 Å². The number of nitrogens with one attached hydrogen (secondary N) is 1. The molecule has 1 aromatic heterocycles. The van der Waals surface area contributed by atoms with E-state index in [1.807, 2.05) is 12.4 Å². The summed E-state index contributed by atoms with van der Waals surface area (Å²) in [5, 5.41) is 6.09. The molecule has 0 saturated heterocycles. The van der Waals surface area contributed by atoms with E-state index in [1.165, 1.54) is 16.5 Å². The molecule has 2 atom stereocenters. The molecule has 1 saturated carbocycles. The average molecular weight is 270 g/mol. The SMILES string of the molecule is CCOC1CC(Nc2cccc3ccncc23)C1(C)C. The first-order valence-electron chi connectivity index (χ1n) is 7.34. The standard InChI is InChI=1S/C17H22N2O/c1-4-20-16-10-15(17(16,2)3)19-14-7-5-6-12-8-9-18-11-13(12)14/h5-9,11,15-16,19H,4,10H2,1-3H3. The summed E-state index contributed by atoms with van der Waals surface area (Å²) in [7, 11) is 0. The molecule has 1 aliphatic rings. The molecule has 0 bridgehead atoms. The van der Waals surface area contributed by atoms with Crippen LogP contribution < -0.4 is 5.32 Å². The molecule has 1 aliphatic carbocycles. The van der Waals surface area contributed by atoms with Crippen LogP contribution in [0, 0.1) is 5.41 Å². The van der Waals surface area contributed by atoms with E-state index in [9.17, 15) is 0 Å². The highest BCUT2D eigenvalue weighted by Crippen LogP contribution is 2.44. The van der Waals surface area contributed by atoms with E-state index in [-0.39, 0.29) is 5.41 Å². The van der Waals surface area contributed by atoms with E-state index in [0.717, 1.165) is 13.0 Å². The van der Waals surface area contributed by atoms with Crippen LogP contribution in [0.2, 0.25) is 0 Å². The third kappa shape index (κ3) is 2.16. The minimum Gasteiger partial charge on any atom is -0.381 e. The van der Waals surface area contributed by atoms with Crippen molar-refractivity contribution in [1.29, 1.82) is 0 Å². The average Bonchev–Trinajstić information content (AvgIpc) is 2.46. The molecule has 1 N–H and O–H groups in total. The normalized spacial score (nSPS) is 24.4. The Morgan fingerprint density at radius 3 is 2.95 bits per heavy atom. The number of hydrogen-bond acceptors (Lipinski definition) is 3. The molecule has 3 heteroatoms. The molecular weight excluding hydrogens is 248 g/mol. The molecule has 20 heavy (non-hydrogen) atoms. The van der Waals surface area contributed by atoms with Crippen LogP contribution in [0.1, 0.15) is 27.2 Å². The third-order valence-corrected chi connectivity index (χ3v) is 4.56. The monoisotopic (exact) mass is 270 g/mol. The molecule has 0 amide bonds. The van der Waals surface area contributed by atoms with Gasteiger partial charge in [-0.3, -0.25) is 4.98 Å². The lowest BCUT2D eigenvalue weighted by molar-refractivity contribution is -0.0975. The van der Waals surface area contributed by atoms with Crippen molar-refractivity contribution in [1.82, 2.24) is 4.98 Å². The van der Waals surface area contributed by atoms with Gasteiger partial charge < -0.3 is 10.1 Å². The lowest BCUT2D eigenvalue weighted by Crippen LogP contribution is -2.58. The van der Waals surface area contributed by atoms with Crippen LogP contribution in [0.5, 0.6) is 0 Å². The summed E-state index contributed by atoms with van der Waals surface area (Å²) in [6.07, 6.45) is 5.20. The third-order valence-electron chi connectivity index (χ3n) is 4.56. The molecular formula is C17H22N2O. The predicted octanol–water partition coefficient (Wildman–Crippen LogP) is 3.85. The number of anilines is 1. The van der Waals surface area contributed by atoms with Gasteiger partial charge in [-0.1, -0.05) is 26.0 Å². The van der Waals surface area contributed by atoms with Gasteiger partial charge in [0, 0.05) is 41.5 Å². The quantitative estimate of drug-likeness (QED) is 0.916. The number of benzene rings is 1. The van der Waals surface area contributed by atoms with Crippen molar-refractivity contribution in [2.75, 3.05) is 11.9 Å². The number of rotatable bonds is 4. The zero-order chi connectivity index (χ0) is 14.2. The Morgan fingerprint density at radius 1 is 1.35 bits per heavy atom. The van der Waals surface area contributed by atoms with E-state index < -0.39 is 0 Å². The molecule has 0 radical (unpaired) electrons. The fraction of sp³-hybridized carbons (Fsp3) is 0.471. The molecule has 3 rings (SSSR count).